The number of methoxy groups -OCH3 is 1. The van der Waals surface area contributed by atoms with Gasteiger partial charge >= 0.3 is 5.97 Å². The van der Waals surface area contributed by atoms with Crippen molar-refractivity contribution in [1.29, 1.82) is 0 Å². The first-order valence-electron chi connectivity index (χ1n) is 6.90. The second-order valence-electron chi connectivity index (χ2n) is 4.69. The van der Waals surface area contributed by atoms with Gasteiger partial charge in [-0.1, -0.05) is 17.7 Å². The molecule has 2 rings (SSSR count). The van der Waals surface area contributed by atoms with Gasteiger partial charge < -0.3 is 9.15 Å². The molecule has 1 aromatic carbocycles. The molecule has 0 saturated heterocycles. The number of anilines is 1. The van der Waals surface area contributed by atoms with Crippen LogP contribution in [0.2, 0.25) is 0 Å². The van der Waals surface area contributed by atoms with Crippen LogP contribution in [0.3, 0.4) is 0 Å². The summed E-state index contributed by atoms with van der Waals surface area (Å²) in [5.41, 5.74) is 4.69. The largest absolute Gasteiger partial charge is 0.463 e. The van der Waals surface area contributed by atoms with Crippen LogP contribution in [0.25, 0.3) is 0 Å². The molecule has 7 nitrogen and oxygen atoms in total. The number of esters is 1. The Morgan fingerprint density at radius 3 is 2.65 bits per heavy atom. The molecular formula is C16H18N4O3. The molecule has 0 saturated carbocycles. The van der Waals surface area contributed by atoms with Gasteiger partial charge in [0.05, 0.1) is 25.3 Å². The highest BCUT2D eigenvalue weighted by molar-refractivity contribution is 6.35. The van der Waals surface area contributed by atoms with Crippen LogP contribution >= 0.6 is 0 Å². The number of carbonyl (C=O) groups excluding carboxylic acids is 1. The molecule has 0 radical (unpaired) electrons. The van der Waals surface area contributed by atoms with Gasteiger partial charge in [-0.2, -0.15) is 5.10 Å². The summed E-state index contributed by atoms with van der Waals surface area (Å²) in [5, 5.41) is 9.47. The third kappa shape index (κ3) is 4.70. The summed E-state index contributed by atoms with van der Waals surface area (Å²) >= 11 is 0. The maximum Gasteiger partial charge on any atom is 0.377 e. The Balaban J connectivity index is 2.13. The second kappa shape index (κ2) is 7.79. The summed E-state index contributed by atoms with van der Waals surface area (Å²) in [6, 6.07) is 11.1. The predicted octanol–water partition coefficient (Wildman–Crippen LogP) is 2.45. The average molecular weight is 314 g/mol. The van der Waals surface area contributed by atoms with Gasteiger partial charge in [0.15, 0.2) is 0 Å². The van der Waals surface area contributed by atoms with Crippen molar-refractivity contribution >= 4 is 23.7 Å². The summed E-state index contributed by atoms with van der Waals surface area (Å²) in [6.07, 6.45) is 3.01. The summed E-state index contributed by atoms with van der Waals surface area (Å²) in [4.78, 5) is 11.9. The zero-order chi connectivity index (χ0) is 16.7. The average Bonchev–Trinajstić information content (AvgIpc) is 3.08. The Morgan fingerprint density at radius 2 is 2.04 bits per heavy atom. The Bertz CT molecular complexity index is 691. The molecule has 0 fully saturated rings. The van der Waals surface area contributed by atoms with E-state index in [-0.39, 0.29) is 5.84 Å². The third-order valence-corrected chi connectivity index (χ3v) is 2.92. The van der Waals surface area contributed by atoms with E-state index in [2.05, 4.69) is 15.6 Å². The lowest BCUT2D eigenvalue weighted by atomic mass is 10.2. The molecule has 0 aliphatic rings. The van der Waals surface area contributed by atoms with E-state index in [1.807, 2.05) is 31.2 Å². The van der Waals surface area contributed by atoms with Gasteiger partial charge in [0, 0.05) is 7.05 Å². The number of ether oxygens (including phenoxy) is 1. The van der Waals surface area contributed by atoms with E-state index in [1.54, 1.807) is 19.2 Å². The second-order valence-corrected chi connectivity index (χ2v) is 4.69. The third-order valence-electron chi connectivity index (χ3n) is 2.92. The highest BCUT2D eigenvalue weighted by Crippen LogP contribution is 2.09. The highest BCUT2D eigenvalue weighted by Gasteiger charge is 2.17. The van der Waals surface area contributed by atoms with Crippen molar-refractivity contribution in [3.05, 3.63) is 54.0 Å². The van der Waals surface area contributed by atoms with Gasteiger partial charge in [-0.25, -0.2) is 9.80 Å². The minimum absolute atomic E-state index is 0.0101. The Morgan fingerprint density at radius 1 is 1.30 bits per heavy atom. The van der Waals surface area contributed by atoms with Crippen LogP contribution in [0.5, 0.6) is 0 Å². The van der Waals surface area contributed by atoms with Crippen molar-refractivity contribution in [1.82, 2.24) is 5.01 Å². The lowest BCUT2D eigenvalue weighted by molar-refractivity contribution is -0.133. The Labute approximate surface area is 134 Å². The molecule has 1 aromatic heterocycles. The molecule has 1 heterocycles. The molecule has 1 N–H and O–H groups in total. The molecule has 2 aromatic rings. The fourth-order valence-corrected chi connectivity index (χ4v) is 1.65. The van der Waals surface area contributed by atoms with E-state index in [0.29, 0.717) is 5.76 Å². The molecule has 23 heavy (non-hydrogen) atoms. The van der Waals surface area contributed by atoms with Crippen LogP contribution in [0.1, 0.15) is 11.3 Å². The van der Waals surface area contributed by atoms with Crippen LogP contribution in [0, 0.1) is 6.92 Å². The zero-order valence-electron chi connectivity index (χ0n) is 13.2. The van der Waals surface area contributed by atoms with E-state index in [4.69, 9.17) is 9.15 Å². The Hall–Kier alpha value is -3.09. The molecular weight excluding hydrogens is 296 g/mol. The number of carbonyl (C=O) groups is 1. The summed E-state index contributed by atoms with van der Waals surface area (Å²) in [7, 11) is 2.87. The molecule has 120 valence electrons. The summed E-state index contributed by atoms with van der Waals surface area (Å²) < 4.78 is 9.87. The van der Waals surface area contributed by atoms with E-state index in [0.717, 1.165) is 11.3 Å². The van der Waals surface area contributed by atoms with Gasteiger partial charge in [0.2, 0.25) is 0 Å². The predicted molar refractivity (Wildman–Crippen MR) is 88.3 cm³/mol. The summed E-state index contributed by atoms with van der Waals surface area (Å²) in [5.74, 6) is -0.0350. The van der Waals surface area contributed by atoms with E-state index in [1.165, 1.54) is 24.6 Å². The van der Waals surface area contributed by atoms with Gasteiger partial charge in [0.1, 0.15) is 5.76 Å². The minimum atomic E-state index is -0.608. The molecule has 7 heteroatoms. The van der Waals surface area contributed by atoms with Crippen LogP contribution in [0.15, 0.2) is 57.3 Å². The van der Waals surface area contributed by atoms with Crippen molar-refractivity contribution in [2.45, 2.75) is 6.92 Å². The number of aryl methyl sites for hydroxylation is 1. The number of amidine groups is 1. The first-order valence-corrected chi connectivity index (χ1v) is 6.90. The van der Waals surface area contributed by atoms with E-state index < -0.39 is 5.97 Å². The first kappa shape index (κ1) is 16.3. The van der Waals surface area contributed by atoms with Crippen LogP contribution in [-0.4, -0.2) is 37.2 Å². The molecule has 0 spiro atoms. The lowest BCUT2D eigenvalue weighted by Crippen LogP contribution is -2.31. The molecule has 0 aliphatic carbocycles. The number of nitrogens with zero attached hydrogens (tertiary/aromatic N) is 3. The van der Waals surface area contributed by atoms with Crippen molar-refractivity contribution in [2.24, 2.45) is 10.2 Å². The van der Waals surface area contributed by atoms with Gasteiger partial charge in [-0.05, 0) is 31.2 Å². The Kier molecular flexibility index (Phi) is 5.51. The maximum atomic E-state index is 11.9. The van der Waals surface area contributed by atoms with E-state index >= 15 is 0 Å². The van der Waals surface area contributed by atoms with Crippen molar-refractivity contribution < 1.29 is 13.9 Å². The molecule has 0 atom stereocenters. The minimum Gasteiger partial charge on any atom is -0.463 e. The number of furan rings is 1. The number of hydrogen-bond donors (Lipinski definition) is 1. The number of benzene rings is 1. The number of rotatable bonds is 4. The number of likely N-dealkylation sites (N-methyl/N-ethyl adjacent to an activating group) is 1. The molecule has 0 aliphatic heterocycles. The zero-order valence-corrected chi connectivity index (χ0v) is 13.2. The topological polar surface area (TPSA) is 79.4 Å². The normalized spacial score (nSPS) is 11.5. The molecule has 0 amide bonds. The molecule has 0 bridgehead atoms. The highest BCUT2D eigenvalue weighted by atomic mass is 16.5. The van der Waals surface area contributed by atoms with Gasteiger partial charge in [0.25, 0.3) is 5.84 Å². The monoisotopic (exact) mass is 314 g/mol. The number of hydrazone groups is 2. The SMILES string of the molecule is COC(=O)/C(=N/Nc1ccc(C)cc1)N(C)/N=C/c1ccco1. The standard InChI is InChI=1S/C16H18N4O3/c1-12-6-8-13(9-7-12)18-19-15(16(21)22-3)20(2)17-11-14-5-4-10-23-14/h4-11,18H,1-3H3/b17-11+,19-15-. The fraction of sp³-hybridized carbons (Fsp3) is 0.188. The van der Waals surface area contributed by atoms with Crippen molar-refractivity contribution in [3.8, 4) is 0 Å². The smallest absolute Gasteiger partial charge is 0.377 e. The van der Waals surface area contributed by atoms with Crippen molar-refractivity contribution in [3.63, 3.8) is 0 Å². The number of hydrogen-bond acceptors (Lipinski definition) is 6. The van der Waals surface area contributed by atoms with Gasteiger partial charge in [-0.15, -0.1) is 5.10 Å². The summed E-state index contributed by atoms with van der Waals surface area (Å²) in [6.45, 7) is 1.99. The lowest BCUT2D eigenvalue weighted by Gasteiger charge is -2.13. The fourth-order valence-electron chi connectivity index (χ4n) is 1.65. The van der Waals surface area contributed by atoms with Crippen LogP contribution in [-0.2, 0) is 9.53 Å². The first-order chi connectivity index (χ1) is 11.1. The quantitative estimate of drug-likeness (QED) is 0.406. The van der Waals surface area contributed by atoms with E-state index in [9.17, 15) is 4.79 Å². The molecule has 0 unspecified atom stereocenters. The maximum absolute atomic E-state index is 11.9. The van der Waals surface area contributed by atoms with Crippen LogP contribution < -0.4 is 5.43 Å². The van der Waals surface area contributed by atoms with Crippen molar-refractivity contribution in [2.75, 3.05) is 19.6 Å². The number of nitrogens with one attached hydrogen (secondary N) is 1. The van der Waals surface area contributed by atoms with Crippen LogP contribution in [0.4, 0.5) is 5.69 Å². The van der Waals surface area contributed by atoms with Gasteiger partial charge in [-0.3, -0.25) is 5.43 Å².